The summed E-state index contributed by atoms with van der Waals surface area (Å²) in [6.07, 6.45) is 2.01. The fourth-order valence-electron chi connectivity index (χ4n) is 2.21. The SMILES string of the molecule is CC(C)N1CCN(Cc2ccn(C)n2)CC1. The summed E-state index contributed by atoms with van der Waals surface area (Å²) >= 11 is 0. The molecule has 16 heavy (non-hydrogen) atoms. The van der Waals surface area contributed by atoms with Crippen LogP contribution in [-0.4, -0.2) is 51.8 Å². The van der Waals surface area contributed by atoms with Crippen molar-refractivity contribution in [3.8, 4) is 0 Å². The third kappa shape index (κ3) is 2.83. The van der Waals surface area contributed by atoms with Crippen LogP contribution in [0.15, 0.2) is 12.3 Å². The highest BCUT2D eigenvalue weighted by molar-refractivity contribution is 4.98. The third-order valence-electron chi connectivity index (χ3n) is 3.29. The first-order valence-corrected chi connectivity index (χ1v) is 6.10. The zero-order valence-electron chi connectivity index (χ0n) is 10.6. The lowest BCUT2D eigenvalue weighted by Gasteiger charge is -2.36. The molecule has 0 aromatic carbocycles. The fraction of sp³-hybridized carbons (Fsp3) is 0.750. The van der Waals surface area contributed by atoms with Crippen LogP contribution < -0.4 is 0 Å². The van der Waals surface area contributed by atoms with Crippen molar-refractivity contribution >= 4 is 0 Å². The molecule has 0 spiro atoms. The summed E-state index contributed by atoms with van der Waals surface area (Å²) in [5.74, 6) is 0. The first-order valence-electron chi connectivity index (χ1n) is 6.10. The number of nitrogens with zero attached hydrogens (tertiary/aromatic N) is 4. The van der Waals surface area contributed by atoms with Gasteiger partial charge in [-0.25, -0.2) is 0 Å². The van der Waals surface area contributed by atoms with Crippen molar-refractivity contribution < 1.29 is 0 Å². The van der Waals surface area contributed by atoms with Crippen LogP contribution in [0, 0.1) is 0 Å². The van der Waals surface area contributed by atoms with Gasteiger partial charge in [0.05, 0.1) is 5.69 Å². The molecule has 0 saturated carbocycles. The standard InChI is InChI=1S/C12H22N4/c1-11(2)16-8-6-15(7-9-16)10-12-4-5-14(3)13-12/h4-5,11H,6-10H2,1-3H3. The van der Waals surface area contributed by atoms with Gasteiger partial charge >= 0.3 is 0 Å². The van der Waals surface area contributed by atoms with E-state index in [-0.39, 0.29) is 0 Å². The number of hydrogen-bond acceptors (Lipinski definition) is 3. The Bertz CT molecular complexity index is 324. The van der Waals surface area contributed by atoms with Crippen molar-refractivity contribution in [2.24, 2.45) is 7.05 Å². The van der Waals surface area contributed by atoms with E-state index in [9.17, 15) is 0 Å². The Balaban J connectivity index is 1.81. The summed E-state index contributed by atoms with van der Waals surface area (Å²) in [6, 6.07) is 2.78. The summed E-state index contributed by atoms with van der Waals surface area (Å²) in [4.78, 5) is 5.02. The van der Waals surface area contributed by atoms with Crippen LogP contribution in [0.4, 0.5) is 0 Å². The number of piperazine rings is 1. The second-order valence-corrected chi connectivity index (χ2v) is 4.89. The number of aryl methyl sites for hydroxylation is 1. The van der Waals surface area contributed by atoms with Crippen molar-refractivity contribution in [2.75, 3.05) is 26.2 Å². The third-order valence-corrected chi connectivity index (χ3v) is 3.29. The molecule has 0 atom stereocenters. The van der Waals surface area contributed by atoms with E-state index in [2.05, 4.69) is 34.8 Å². The molecule has 4 nitrogen and oxygen atoms in total. The number of aromatic nitrogens is 2. The molecular formula is C12H22N4. The van der Waals surface area contributed by atoms with Gasteiger partial charge in [0.15, 0.2) is 0 Å². The molecule has 1 aromatic rings. The van der Waals surface area contributed by atoms with Crippen LogP contribution in [0.2, 0.25) is 0 Å². The molecule has 2 rings (SSSR count). The van der Waals surface area contributed by atoms with Crippen LogP contribution in [0.1, 0.15) is 19.5 Å². The van der Waals surface area contributed by atoms with Gasteiger partial charge in [-0.05, 0) is 19.9 Å². The monoisotopic (exact) mass is 222 g/mol. The van der Waals surface area contributed by atoms with E-state index in [4.69, 9.17) is 0 Å². The van der Waals surface area contributed by atoms with E-state index in [0.717, 1.165) is 19.6 Å². The van der Waals surface area contributed by atoms with Crippen LogP contribution in [-0.2, 0) is 13.6 Å². The lowest BCUT2D eigenvalue weighted by Crippen LogP contribution is -2.48. The maximum Gasteiger partial charge on any atom is 0.0764 e. The van der Waals surface area contributed by atoms with E-state index in [1.165, 1.54) is 18.8 Å². The Hall–Kier alpha value is -0.870. The maximum absolute atomic E-state index is 4.42. The fourth-order valence-corrected chi connectivity index (χ4v) is 2.21. The molecule has 0 N–H and O–H groups in total. The molecule has 0 radical (unpaired) electrons. The molecule has 0 aliphatic carbocycles. The molecule has 4 heteroatoms. The molecule has 1 aliphatic rings. The van der Waals surface area contributed by atoms with E-state index in [1.54, 1.807) is 0 Å². The maximum atomic E-state index is 4.42. The smallest absolute Gasteiger partial charge is 0.0764 e. The van der Waals surface area contributed by atoms with E-state index in [0.29, 0.717) is 6.04 Å². The van der Waals surface area contributed by atoms with E-state index >= 15 is 0 Å². The van der Waals surface area contributed by atoms with Gasteiger partial charge in [0, 0.05) is 52.0 Å². The minimum Gasteiger partial charge on any atom is -0.298 e. The van der Waals surface area contributed by atoms with Crippen molar-refractivity contribution in [1.82, 2.24) is 19.6 Å². The second kappa shape index (κ2) is 4.97. The van der Waals surface area contributed by atoms with Crippen LogP contribution in [0.3, 0.4) is 0 Å². The van der Waals surface area contributed by atoms with Gasteiger partial charge in [-0.2, -0.15) is 5.10 Å². The number of rotatable bonds is 3. The molecule has 1 aromatic heterocycles. The second-order valence-electron chi connectivity index (χ2n) is 4.89. The topological polar surface area (TPSA) is 24.3 Å². The van der Waals surface area contributed by atoms with Gasteiger partial charge < -0.3 is 0 Å². The van der Waals surface area contributed by atoms with Crippen molar-refractivity contribution in [3.63, 3.8) is 0 Å². The molecule has 0 amide bonds. The molecule has 0 bridgehead atoms. The molecule has 2 heterocycles. The summed E-state index contributed by atoms with van der Waals surface area (Å²) in [7, 11) is 1.97. The average Bonchev–Trinajstić information content (AvgIpc) is 2.65. The van der Waals surface area contributed by atoms with Gasteiger partial charge in [0.2, 0.25) is 0 Å². The molecule has 1 aliphatic heterocycles. The zero-order chi connectivity index (χ0) is 11.5. The van der Waals surface area contributed by atoms with Crippen LogP contribution in [0.5, 0.6) is 0 Å². The largest absolute Gasteiger partial charge is 0.298 e. The molecule has 1 fully saturated rings. The van der Waals surface area contributed by atoms with Crippen molar-refractivity contribution in [3.05, 3.63) is 18.0 Å². The highest BCUT2D eigenvalue weighted by atomic mass is 15.3. The van der Waals surface area contributed by atoms with Gasteiger partial charge in [0.25, 0.3) is 0 Å². The first-order chi connectivity index (χ1) is 7.65. The molecule has 90 valence electrons. The predicted molar refractivity (Wildman–Crippen MR) is 65.2 cm³/mol. The normalized spacial score (nSPS) is 19.5. The zero-order valence-corrected chi connectivity index (χ0v) is 10.6. The summed E-state index contributed by atoms with van der Waals surface area (Å²) in [6.45, 7) is 10.2. The first kappa shape index (κ1) is 11.6. The van der Waals surface area contributed by atoms with Crippen molar-refractivity contribution in [2.45, 2.75) is 26.4 Å². The lowest BCUT2D eigenvalue weighted by atomic mass is 10.2. The lowest BCUT2D eigenvalue weighted by molar-refractivity contribution is 0.103. The van der Waals surface area contributed by atoms with E-state index < -0.39 is 0 Å². The van der Waals surface area contributed by atoms with Gasteiger partial charge in [-0.3, -0.25) is 14.5 Å². The number of hydrogen-bond donors (Lipinski definition) is 0. The summed E-state index contributed by atoms with van der Waals surface area (Å²) in [5, 5.41) is 4.42. The van der Waals surface area contributed by atoms with Gasteiger partial charge in [-0.15, -0.1) is 0 Å². The Kier molecular flexibility index (Phi) is 3.61. The summed E-state index contributed by atoms with van der Waals surface area (Å²) in [5.41, 5.74) is 1.18. The highest BCUT2D eigenvalue weighted by Gasteiger charge is 2.18. The van der Waals surface area contributed by atoms with Crippen LogP contribution >= 0.6 is 0 Å². The quantitative estimate of drug-likeness (QED) is 0.761. The van der Waals surface area contributed by atoms with Crippen molar-refractivity contribution in [1.29, 1.82) is 0 Å². The molecule has 1 saturated heterocycles. The Morgan fingerprint density at radius 2 is 1.94 bits per heavy atom. The Labute approximate surface area is 97.8 Å². The molecular weight excluding hydrogens is 200 g/mol. The minimum absolute atomic E-state index is 0.678. The van der Waals surface area contributed by atoms with Gasteiger partial charge in [-0.1, -0.05) is 0 Å². The van der Waals surface area contributed by atoms with Gasteiger partial charge in [0.1, 0.15) is 0 Å². The Morgan fingerprint density at radius 1 is 1.25 bits per heavy atom. The Morgan fingerprint density at radius 3 is 2.44 bits per heavy atom. The van der Waals surface area contributed by atoms with Crippen LogP contribution in [0.25, 0.3) is 0 Å². The average molecular weight is 222 g/mol. The minimum atomic E-state index is 0.678. The van der Waals surface area contributed by atoms with E-state index in [1.807, 2.05) is 17.9 Å². The predicted octanol–water partition coefficient (Wildman–Crippen LogP) is 0.946. The molecule has 0 unspecified atom stereocenters. The summed E-state index contributed by atoms with van der Waals surface area (Å²) < 4.78 is 1.87. The highest BCUT2D eigenvalue weighted by Crippen LogP contribution is 2.08.